The van der Waals surface area contributed by atoms with Gasteiger partial charge in [-0.05, 0) is 48.9 Å². The molecule has 0 fully saturated rings. The third-order valence-corrected chi connectivity index (χ3v) is 4.84. The number of para-hydroxylation sites is 1. The van der Waals surface area contributed by atoms with E-state index >= 15 is 0 Å². The van der Waals surface area contributed by atoms with Crippen molar-refractivity contribution in [3.63, 3.8) is 0 Å². The number of carbonyl (C=O) groups excluding carboxylic acids is 3. The van der Waals surface area contributed by atoms with E-state index in [0.29, 0.717) is 17.2 Å². The summed E-state index contributed by atoms with van der Waals surface area (Å²) in [6.45, 7) is 2.84. The minimum absolute atomic E-state index is 0.0749. The molecule has 3 rings (SSSR count). The first-order valence-corrected chi connectivity index (χ1v) is 11.1. The summed E-state index contributed by atoms with van der Waals surface area (Å²) in [7, 11) is 0. The highest BCUT2D eigenvalue weighted by molar-refractivity contribution is 5.98. The van der Waals surface area contributed by atoms with E-state index in [1.165, 1.54) is 13.8 Å². The van der Waals surface area contributed by atoms with E-state index in [2.05, 4.69) is 10.6 Å². The van der Waals surface area contributed by atoms with Crippen LogP contribution in [-0.4, -0.2) is 36.5 Å². The number of carbonyl (C=O) groups is 3. The molecule has 2 N–H and O–H groups in total. The fourth-order valence-electron chi connectivity index (χ4n) is 3.10. The van der Waals surface area contributed by atoms with E-state index in [0.717, 1.165) is 5.56 Å². The van der Waals surface area contributed by atoms with Gasteiger partial charge in [0.25, 0.3) is 5.91 Å². The van der Waals surface area contributed by atoms with Crippen LogP contribution in [0, 0.1) is 0 Å². The molecule has 0 saturated heterocycles. The van der Waals surface area contributed by atoms with Crippen LogP contribution in [0.3, 0.4) is 0 Å². The standard InChI is InChI=1S/C27H28N2O6/c1-19(34-20(2)30)26(31)29-25(18-33-17-21-9-5-3-6-10-21)27(32)28-22-13-15-24(16-14-22)35-23-11-7-4-8-12-23/h3-16,19,25H,17-18H2,1-2H3,(H,28,32)(H,29,31)/t19-,25-/m0/s1. The van der Waals surface area contributed by atoms with Gasteiger partial charge in [0.1, 0.15) is 17.5 Å². The van der Waals surface area contributed by atoms with Crippen LogP contribution in [0.2, 0.25) is 0 Å². The van der Waals surface area contributed by atoms with E-state index < -0.39 is 29.9 Å². The molecule has 3 aromatic carbocycles. The molecule has 3 aromatic rings. The maximum atomic E-state index is 13.0. The normalized spacial score (nSPS) is 12.2. The number of hydrogen-bond acceptors (Lipinski definition) is 6. The Hall–Kier alpha value is -4.17. The Kier molecular flexibility index (Phi) is 9.39. The third-order valence-electron chi connectivity index (χ3n) is 4.84. The average Bonchev–Trinajstić information content (AvgIpc) is 2.85. The second kappa shape index (κ2) is 12.9. The van der Waals surface area contributed by atoms with Crippen molar-refractivity contribution in [2.24, 2.45) is 0 Å². The number of ether oxygens (including phenoxy) is 3. The largest absolute Gasteiger partial charge is 0.457 e. The molecule has 2 amide bonds. The number of amides is 2. The van der Waals surface area contributed by atoms with Crippen molar-refractivity contribution < 1.29 is 28.6 Å². The Labute approximate surface area is 204 Å². The summed E-state index contributed by atoms with van der Waals surface area (Å²) < 4.78 is 16.4. The highest BCUT2D eigenvalue weighted by Gasteiger charge is 2.25. The minimum Gasteiger partial charge on any atom is -0.457 e. The minimum atomic E-state index is -1.05. The van der Waals surface area contributed by atoms with Gasteiger partial charge in [0.05, 0.1) is 13.2 Å². The van der Waals surface area contributed by atoms with Crippen molar-refractivity contribution in [2.75, 3.05) is 11.9 Å². The lowest BCUT2D eigenvalue weighted by atomic mass is 10.2. The Morgan fingerprint density at radius 2 is 1.40 bits per heavy atom. The summed E-state index contributed by atoms with van der Waals surface area (Å²) in [4.78, 5) is 36.6. The lowest BCUT2D eigenvalue weighted by Gasteiger charge is -2.21. The van der Waals surface area contributed by atoms with E-state index in [1.54, 1.807) is 24.3 Å². The van der Waals surface area contributed by atoms with Gasteiger partial charge in [-0.1, -0.05) is 48.5 Å². The van der Waals surface area contributed by atoms with Crippen LogP contribution in [0.5, 0.6) is 11.5 Å². The van der Waals surface area contributed by atoms with Gasteiger partial charge < -0.3 is 24.8 Å². The molecule has 0 aromatic heterocycles. The number of hydrogen-bond donors (Lipinski definition) is 2. The fourth-order valence-corrected chi connectivity index (χ4v) is 3.10. The van der Waals surface area contributed by atoms with Gasteiger partial charge in [-0.25, -0.2) is 0 Å². The number of nitrogens with one attached hydrogen (secondary N) is 2. The van der Waals surface area contributed by atoms with Crippen molar-refractivity contribution in [3.8, 4) is 11.5 Å². The quantitative estimate of drug-likeness (QED) is 0.405. The molecule has 8 heteroatoms. The summed E-state index contributed by atoms with van der Waals surface area (Å²) in [6, 6.07) is 24.6. The Morgan fingerprint density at radius 1 is 0.800 bits per heavy atom. The SMILES string of the molecule is CC(=O)O[C@@H](C)C(=O)N[C@@H](COCc1ccccc1)C(=O)Nc1ccc(Oc2ccccc2)cc1. The molecule has 0 heterocycles. The van der Waals surface area contributed by atoms with Gasteiger partial charge in [0, 0.05) is 12.6 Å². The van der Waals surface area contributed by atoms with Crippen molar-refractivity contribution in [1.82, 2.24) is 5.32 Å². The topological polar surface area (TPSA) is 103 Å². The predicted molar refractivity (Wildman–Crippen MR) is 131 cm³/mol. The Balaban J connectivity index is 1.62. The van der Waals surface area contributed by atoms with Crippen LogP contribution in [-0.2, 0) is 30.5 Å². The predicted octanol–water partition coefficient (Wildman–Crippen LogP) is 4.07. The summed E-state index contributed by atoms with van der Waals surface area (Å²) >= 11 is 0. The van der Waals surface area contributed by atoms with Gasteiger partial charge in [-0.2, -0.15) is 0 Å². The van der Waals surface area contributed by atoms with Gasteiger partial charge >= 0.3 is 5.97 Å². The summed E-state index contributed by atoms with van der Waals surface area (Å²) in [5.41, 5.74) is 1.45. The molecular formula is C27H28N2O6. The molecule has 182 valence electrons. The van der Waals surface area contributed by atoms with E-state index in [1.807, 2.05) is 60.7 Å². The third kappa shape index (κ3) is 8.60. The monoisotopic (exact) mass is 476 g/mol. The zero-order chi connectivity index (χ0) is 25.0. The molecule has 0 saturated carbocycles. The fraction of sp³-hybridized carbons (Fsp3) is 0.222. The maximum Gasteiger partial charge on any atom is 0.303 e. The Bertz CT molecular complexity index is 1100. The van der Waals surface area contributed by atoms with Crippen LogP contribution >= 0.6 is 0 Å². The number of esters is 1. The van der Waals surface area contributed by atoms with Crippen molar-refractivity contribution >= 4 is 23.5 Å². The highest BCUT2D eigenvalue weighted by atomic mass is 16.5. The highest BCUT2D eigenvalue weighted by Crippen LogP contribution is 2.22. The zero-order valence-corrected chi connectivity index (χ0v) is 19.6. The molecule has 35 heavy (non-hydrogen) atoms. The van der Waals surface area contributed by atoms with Crippen LogP contribution < -0.4 is 15.4 Å². The molecule has 0 aliphatic heterocycles. The molecule has 0 spiro atoms. The van der Waals surface area contributed by atoms with Crippen LogP contribution in [0.15, 0.2) is 84.9 Å². The first kappa shape index (κ1) is 25.5. The molecule has 8 nitrogen and oxygen atoms in total. The lowest BCUT2D eigenvalue weighted by Crippen LogP contribution is -2.50. The molecule has 2 atom stereocenters. The molecule has 0 bridgehead atoms. The second-order valence-corrected chi connectivity index (χ2v) is 7.74. The molecule has 0 aliphatic carbocycles. The molecule has 0 unspecified atom stereocenters. The summed E-state index contributed by atoms with van der Waals surface area (Å²) in [6.07, 6.45) is -1.05. The van der Waals surface area contributed by atoms with Crippen LogP contribution in [0.4, 0.5) is 5.69 Å². The van der Waals surface area contributed by atoms with Crippen molar-refractivity contribution in [1.29, 1.82) is 0 Å². The first-order chi connectivity index (χ1) is 16.9. The van der Waals surface area contributed by atoms with E-state index in [-0.39, 0.29) is 13.2 Å². The number of benzene rings is 3. The molecule has 0 radical (unpaired) electrons. The average molecular weight is 477 g/mol. The Morgan fingerprint density at radius 3 is 2.03 bits per heavy atom. The van der Waals surface area contributed by atoms with E-state index in [4.69, 9.17) is 14.2 Å². The zero-order valence-electron chi connectivity index (χ0n) is 19.6. The van der Waals surface area contributed by atoms with Crippen molar-refractivity contribution in [3.05, 3.63) is 90.5 Å². The van der Waals surface area contributed by atoms with E-state index in [9.17, 15) is 14.4 Å². The number of anilines is 1. The first-order valence-electron chi connectivity index (χ1n) is 11.1. The smallest absolute Gasteiger partial charge is 0.303 e. The van der Waals surface area contributed by atoms with Crippen LogP contribution in [0.1, 0.15) is 19.4 Å². The van der Waals surface area contributed by atoms with Gasteiger partial charge in [-0.15, -0.1) is 0 Å². The summed E-state index contributed by atoms with van der Waals surface area (Å²) in [5, 5.41) is 5.36. The van der Waals surface area contributed by atoms with Gasteiger partial charge in [0.15, 0.2) is 6.10 Å². The van der Waals surface area contributed by atoms with Gasteiger partial charge in [-0.3, -0.25) is 14.4 Å². The maximum absolute atomic E-state index is 13.0. The van der Waals surface area contributed by atoms with Crippen molar-refractivity contribution in [2.45, 2.75) is 32.6 Å². The number of rotatable bonds is 11. The second-order valence-electron chi connectivity index (χ2n) is 7.74. The summed E-state index contributed by atoms with van der Waals surface area (Å²) in [5.74, 6) is -0.356. The molecule has 0 aliphatic rings. The van der Waals surface area contributed by atoms with Gasteiger partial charge in [0.2, 0.25) is 5.91 Å². The lowest BCUT2D eigenvalue weighted by molar-refractivity contribution is -0.153. The molecular weight excluding hydrogens is 448 g/mol. The van der Waals surface area contributed by atoms with Crippen LogP contribution in [0.25, 0.3) is 0 Å².